The molecule has 0 spiro atoms. The molecule has 0 amide bonds. The summed E-state index contributed by atoms with van der Waals surface area (Å²) in [4.78, 5) is 7.21. The zero-order chi connectivity index (χ0) is 27.3. The summed E-state index contributed by atoms with van der Waals surface area (Å²) in [6.45, 7) is 0. The SMILES string of the molecule is FC(F)(F)c1ccc(-c2cc(-c3ccccc3)c3cccc(N4c5ccccc5Oc5ccccc54)c3n2)cc1. The van der Waals surface area contributed by atoms with Crippen LogP contribution in [0.15, 0.2) is 127 Å². The maximum absolute atomic E-state index is 13.3. The molecular formula is C34H21F3N2O. The van der Waals surface area contributed by atoms with Crippen LogP contribution in [0.2, 0.25) is 0 Å². The minimum absolute atomic E-state index is 0.586. The van der Waals surface area contributed by atoms with Crippen molar-refractivity contribution in [2.24, 2.45) is 0 Å². The first kappa shape index (κ1) is 24.0. The zero-order valence-electron chi connectivity index (χ0n) is 21.1. The van der Waals surface area contributed by atoms with Crippen molar-refractivity contribution in [1.29, 1.82) is 0 Å². The molecule has 6 aromatic rings. The third kappa shape index (κ3) is 4.05. The van der Waals surface area contributed by atoms with Gasteiger partial charge in [0.25, 0.3) is 0 Å². The van der Waals surface area contributed by atoms with E-state index in [0.717, 1.165) is 62.7 Å². The first-order chi connectivity index (χ1) is 19.5. The number of rotatable bonds is 3. The van der Waals surface area contributed by atoms with Gasteiger partial charge in [-0.1, -0.05) is 78.9 Å². The van der Waals surface area contributed by atoms with E-state index < -0.39 is 11.7 Å². The molecule has 0 atom stereocenters. The maximum atomic E-state index is 13.3. The number of anilines is 3. The van der Waals surface area contributed by atoms with Crippen LogP contribution in [0, 0.1) is 0 Å². The molecule has 0 saturated heterocycles. The molecule has 0 saturated carbocycles. The molecule has 7 rings (SSSR count). The number of benzene rings is 5. The standard InChI is InChI=1S/C34H21F3N2O/c35-34(36,37)24-19-17-23(18-20-24)27-21-26(22-9-2-1-3-10-22)25-11-8-14-30(33(25)38-27)39-28-12-4-6-15-31(28)40-32-16-7-5-13-29(32)39/h1-21H. The van der Waals surface area contributed by atoms with Crippen molar-refractivity contribution < 1.29 is 17.9 Å². The summed E-state index contributed by atoms with van der Waals surface area (Å²) in [7, 11) is 0. The Hall–Kier alpha value is -5.10. The number of pyridine rings is 1. The number of hydrogen-bond donors (Lipinski definition) is 0. The Bertz CT molecular complexity index is 1820. The van der Waals surface area contributed by atoms with E-state index in [0.29, 0.717) is 11.3 Å². The second-order valence-corrected chi connectivity index (χ2v) is 9.54. The second-order valence-electron chi connectivity index (χ2n) is 9.54. The van der Waals surface area contributed by atoms with Crippen LogP contribution in [0.3, 0.4) is 0 Å². The van der Waals surface area contributed by atoms with Gasteiger partial charge in [0, 0.05) is 10.9 Å². The molecular weight excluding hydrogens is 509 g/mol. The number of para-hydroxylation sites is 5. The minimum atomic E-state index is -4.41. The fourth-order valence-corrected chi connectivity index (χ4v) is 5.21. The molecule has 0 aliphatic carbocycles. The molecule has 0 bridgehead atoms. The van der Waals surface area contributed by atoms with Gasteiger partial charge in [0.2, 0.25) is 0 Å². The summed E-state index contributed by atoms with van der Waals surface area (Å²) in [6.07, 6.45) is -4.41. The molecule has 0 N–H and O–H groups in total. The number of alkyl halides is 3. The van der Waals surface area contributed by atoms with Crippen molar-refractivity contribution in [2.45, 2.75) is 6.18 Å². The van der Waals surface area contributed by atoms with E-state index in [2.05, 4.69) is 4.90 Å². The highest BCUT2D eigenvalue weighted by Gasteiger charge is 2.30. The van der Waals surface area contributed by atoms with Crippen molar-refractivity contribution in [2.75, 3.05) is 4.90 Å². The van der Waals surface area contributed by atoms with Gasteiger partial charge in [-0.15, -0.1) is 0 Å². The lowest BCUT2D eigenvalue weighted by Gasteiger charge is -2.33. The molecule has 1 aromatic heterocycles. The van der Waals surface area contributed by atoms with E-state index in [1.54, 1.807) is 0 Å². The monoisotopic (exact) mass is 530 g/mol. The van der Waals surface area contributed by atoms with Crippen LogP contribution in [0.4, 0.5) is 30.2 Å². The number of fused-ring (bicyclic) bond motifs is 3. The smallest absolute Gasteiger partial charge is 0.416 e. The molecule has 5 aromatic carbocycles. The second kappa shape index (κ2) is 9.27. The van der Waals surface area contributed by atoms with Crippen LogP contribution in [-0.4, -0.2) is 4.98 Å². The van der Waals surface area contributed by atoms with Gasteiger partial charge in [0.15, 0.2) is 11.5 Å². The summed E-state index contributed by atoms with van der Waals surface area (Å²) >= 11 is 0. The Labute approximate surface area is 228 Å². The normalized spacial score (nSPS) is 12.5. The maximum Gasteiger partial charge on any atom is 0.416 e. The van der Waals surface area contributed by atoms with Crippen molar-refractivity contribution in [3.8, 4) is 33.9 Å². The fourth-order valence-electron chi connectivity index (χ4n) is 5.21. The van der Waals surface area contributed by atoms with Gasteiger partial charge in [-0.05, 0) is 59.7 Å². The number of hydrogen-bond acceptors (Lipinski definition) is 3. The van der Waals surface area contributed by atoms with Crippen LogP contribution in [0.5, 0.6) is 11.5 Å². The van der Waals surface area contributed by atoms with E-state index in [-0.39, 0.29) is 0 Å². The van der Waals surface area contributed by atoms with E-state index in [4.69, 9.17) is 9.72 Å². The molecule has 0 radical (unpaired) electrons. The lowest BCUT2D eigenvalue weighted by atomic mass is 9.97. The van der Waals surface area contributed by atoms with Gasteiger partial charge in [-0.2, -0.15) is 13.2 Å². The Kier molecular flexibility index (Phi) is 5.56. The van der Waals surface area contributed by atoms with Crippen LogP contribution >= 0.6 is 0 Å². The molecule has 0 fully saturated rings. The Morgan fingerprint density at radius 3 is 1.82 bits per heavy atom. The molecule has 3 nitrogen and oxygen atoms in total. The van der Waals surface area contributed by atoms with Gasteiger partial charge in [0.05, 0.1) is 33.8 Å². The zero-order valence-corrected chi connectivity index (χ0v) is 21.1. The lowest BCUT2D eigenvalue weighted by molar-refractivity contribution is -0.137. The molecule has 1 aliphatic rings. The Morgan fingerprint density at radius 2 is 1.18 bits per heavy atom. The number of aromatic nitrogens is 1. The third-order valence-electron chi connectivity index (χ3n) is 7.08. The molecule has 2 heterocycles. The van der Waals surface area contributed by atoms with Gasteiger partial charge in [0.1, 0.15) is 0 Å². The molecule has 6 heteroatoms. The van der Waals surface area contributed by atoms with Crippen molar-refractivity contribution in [1.82, 2.24) is 4.98 Å². The highest BCUT2D eigenvalue weighted by atomic mass is 19.4. The van der Waals surface area contributed by atoms with Crippen LogP contribution in [-0.2, 0) is 6.18 Å². The summed E-state index contributed by atoms with van der Waals surface area (Å²) in [5.41, 5.74) is 5.74. The number of nitrogens with zero attached hydrogens (tertiary/aromatic N) is 2. The summed E-state index contributed by atoms with van der Waals surface area (Å²) in [5.74, 6) is 1.45. The highest BCUT2D eigenvalue weighted by molar-refractivity contribution is 6.05. The largest absolute Gasteiger partial charge is 0.453 e. The molecule has 1 aliphatic heterocycles. The Morgan fingerprint density at radius 1 is 0.575 bits per heavy atom. The predicted molar refractivity (Wildman–Crippen MR) is 152 cm³/mol. The predicted octanol–water partition coefficient (Wildman–Crippen LogP) is 10.2. The highest BCUT2D eigenvalue weighted by Crippen LogP contribution is 2.51. The Balaban J connectivity index is 1.51. The molecule has 0 unspecified atom stereocenters. The third-order valence-corrected chi connectivity index (χ3v) is 7.08. The summed E-state index contributed by atoms with van der Waals surface area (Å²) in [5, 5.41) is 0.931. The number of halogens is 3. The van der Waals surface area contributed by atoms with Crippen LogP contribution < -0.4 is 9.64 Å². The summed E-state index contributed by atoms with van der Waals surface area (Å²) in [6, 6.07) is 38.8. The van der Waals surface area contributed by atoms with E-state index in [1.165, 1.54) is 12.1 Å². The first-order valence-electron chi connectivity index (χ1n) is 12.8. The average molecular weight is 531 g/mol. The van der Waals surface area contributed by atoms with E-state index in [9.17, 15) is 13.2 Å². The van der Waals surface area contributed by atoms with Gasteiger partial charge in [-0.25, -0.2) is 4.98 Å². The average Bonchev–Trinajstić information content (AvgIpc) is 2.99. The van der Waals surface area contributed by atoms with E-state index >= 15 is 0 Å². The lowest BCUT2D eigenvalue weighted by Crippen LogP contribution is -2.16. The van der Waals surface area contributed by atoms with Crippen molar-refractivity contribution in [3.05, 3.63) is 133 Å². The van der Waals surface area contributed by atoms with Gasteiger partial charge >= 0.3 is 6.18 Å². The van der Waals surface area contributed by atoms with Crippen LogP contribution in [0.1, 0.15) is 5.56 Å². The first-order valence-corrected chi connectivity index (χ1v) is 12.8. The minimum Gasteiger partial charge on any atom is -0.453 e. The number of ether oxygens (including phenoxy) is 1. The molecule has 194 valence electrons. The van der Waals surface area contributed by atoms with Crippen LogP contribution in [0.25, 0.3) is 33.3 Å². The molecule has 40 heavy (non-hydrogen) atoms. The van der Waals surface area contributed by atoms with Crippen molar-refractivity contribution >= 4 is 28.0 Å². The topological polar surface area (TPSA) is 25.4 Å². The van der Waals surface area contributed by atoms with E-state index in [1.807, 2.05) is 103 Å². The quantitative estimate of drug-likeness (QED) is 0.227. The van der Waals surface area contributed by atoms with Crippen molar-refractivity contribution in [3.63, 3.8) is 0 Å². The van der Waals surface area contributed by atoms with Gasteiger partial charge in [-0.3, -0.25) is 0 Å². The van der Waals surface area contributed by atoms with Gasteiger partial charge < -0.3 is 9.64 Å². The summed E-state index contributed by atoms with van der Waals surface area (Å²) < 4.78 is 46.1. The fraction of sp³-hybridized carbons (Fsp3) is 0.0294.